The first-order valence-corrected chi connectivity index (χ1v) is 10.8. The lowest BCUT2D eigenvalue weighted by atomic mass is 10.0. The van der Waals surface area contributed by atoms with E-state index in [1.807, 2.05) is 31.2 Å². The van der Waals surface area contributed by atoms with Crippen LogP contribution >= 0.6 is 24.0 Å². The molecule has 1 aliphatic heterocycles. The van der Waals surface area contributed by atoms with Crippen molar-refractivity contribution in [1.82, 2.24) is 10.6 Å². The fourth-order valence-corrected chi connectivity index (χ4v) is 3.45. The quantitative estimate of drug-likeness (QED) is 0.200. The van der Waals surface area contributed by atoms with Gasteiger partial charge in [0, 0.05) is 32.0 Å². The minimum absolute atomic E-state index is 0. The number of benzene rings is 1. The molecule has 0 bridgehead atoms. The molecule has 170 valence electrons. The van der Waals surface area contributed by atoms with Gasteiger partial charge in [-0.2, -0.15) is 0 Å². The Hall–Kier alpha value is -1.39. The molecule has 1 aromatic carbocycles. The summed E-state index contributed by atoms with van der Waals surface area (Å²) < 4.78 is 5.44. The minimum atomic E-state index is -0.337. The molecule has 30 heavy (non-hydrogen) atoms. The molecule has 0 spiro atoms. The molecule has 8 heteroatoms. The van der Waals surface area contributed by atoms with Gasteiger partial charge in [0.15, 0.2) is 5.96 Å². The number of nitrogens with one attached hydrogen (secondary N) is 3. The molecule has 0 saturated carbocycles. The van der Waals surface area contributed by atoms with Gasteiger partial charge >= 0.3 is 0 Å². The van der Waals surface area contributed by atoms with E-state index in [9.17, 15) is 9.90 Å². The highest BCUT2D eigenvalue weighted by molar-refractivity contribution is 14.0. The van der Waals surface area contributed by atoms with Gasteiger partial charge in [-0.3, -0.25) is 4.79 Å². The van der Waals surface area contributed by atoms with E-state index in [1.54, 1.807) is 0 Å². The fourth-order valence-electron chi connectivity index (χ4n) is 3.45. The predicted molar refractivity (Wildman–Crippen MR) is 132 cm³/mol. The third kappa shape index (κ3) is 9.61. The van der Waals surface area contributed by atoms with E-state index >= 15 is 0 Å². The average Bonchev–Trinajstić information content (AvgIpc) is 3.26. The summed E-state index contributed by atoms with van der Waals surface area (Å²) in [4.78, 5) is 16.9. The summed E-state index contributed by atoms with van der Waals surface area (Å²) in [6.07, 6.45) is 4.36. The molecule has 4 N–H and O–H groups in total. The van der Waals surface area contributed by atoms with Crippen LogP contribution in [0.1, 0.15) is 51.5 Å². The number of hydrogen-bond donors (Lipinski definition) is 4. The summed E-state index contributed by atoms with van der Waals surface area (Å²) in [7, 11) is 0. The predicted octanol–water partition coefficient (Wildman–Crippen LogP) is 3.28. The van der Waals surface area contributed by atoms with Crippen LogP contribution in [0, 0.1) is 5.92 Å². The Kier molecular flexibility index (Phi) is 13.7. The van der Waals surface area contributed by atoms with Gasteiger partial charge in [0.1, 0.15) is 6.10 Å². The lowest BCUT2D eigenvalue weighted by molar-refractivity contribution is -0.124. The lowest BCUT2D eigenvalue weighted by Crippen LogP contribution is -2.40. The molecule has 7 nitrogen and oxygen atoms in total. The number of hydrogen-bond acceptors (Lipinski definition) is 4. The van der Waals surface area contributed by atoms with Crippen LogP contribution in [0.2, 0.25) is 0 Å². The molecule has 0 aromatic heterocycles. The Morgan fingerprint density at radius 2 is 2.13 bits per heavy atom. The zero-order valence-electron chi connectivity index (χ0n) is 18.2. The van der Waals surface area contributed by atoms with Crippen molar-refractivity contribution in [1.29, 1.82) is 0 Å². The Bertz CT molecular complexity index is 645. The number of aliphatic imine (C=N–C) groups is 1. The third-order valence-electron chi connectivity index (χ3n) is 4.97. The molecule has 1 fully saturated rings. The summed E-state index contributed by atoms with van der Waals surface area (Å²) in [5, 5.41) is 18.8. The number of aliphatic hydroxyl groups is 1. The van der Waals surface area contributed by atoms with Crippen molar-refractivity contribution < 1.29 is 14.6 Å². The maximum Gasteiger partial charge on any atom is 0.253 e. The van der Waals surface area contributed by atoms with Crippen LogP contribution in [0.5, 0.6) is 0 Å². The fraction of sp³-hybridized carbons (Fsp3) is 0.636. The van der Waals surface area contributed by atoms with E-state index in [-0.39, 0.29) is 42.6 Å². The Morgan fingerprint density at radius 3 is 2.80 bits per heavy atom. The molecular formula is C22H37IN4O3. The highest BCUT2D eigenvalue weighted by Gasteiger charge is 2.23. The van der Waals surface area contributed by atoms with Crippen molar-refractivity contribution in [3.05, 3.63) is 29.8 Å². The van der Waals surface area contributed by atoms with Crippen molar-refractivity contribution in [2.45, 2.75) is 58.6 Å². The third-order valence-corrected chi connectivity index (χ3v) is 4.97. The topological polar surface area (TPSA) is 95.0 Å². The van der Waals surface area contributed by atoms with E-state index in [2.05, 4.69) is 27.9 Å². The van der Waals surface area contributed by atoms with Gasteiger partial charge in [-0.05, 0) is 56.2 Å². The first-order chi connectivity index (χ1) is 14.2. The highest BCUT2D eigenvalue weighted by atomic mass is 127. The zero-order chi connectivity index (χ0) is 20.9. The standard InChI is InChI=1S/C22H36N4O3.HI/c1-3-7-17(11-12-27)15-24-22(23-4-2)25-16-18-8-5-9-19(14-18)26-21(28)20-10-6-13-29-20;/h5,8-9,14,17,20,27H,3-4,6-7,10-13,15-16H2,1-2H3,(H,26,28)(H2,23,24,25);1H. The number of aliphatic hydroxyl groups excluding tert-OH is 1. The van der Waals surface area contributed by atoms with Crippen LogP contribution in [0.25, 0.3) is 0 Å². The largest absolute Gasteiger partial charge is 0.396 e. The second-order valence-electron chi connectivity index (χ2n) is 7.43. The number of halogens is 1. The van der Waals surface area contributed by atoms with Crippen molar-refractivity contribution in [3.63, 3.8) is 0 Å². The molecule has 2 unspecified atom stereocenters. The molecular weight excluding hydrogens is 495 g/mol. The van der Waals surface area contributed by atoms with Crippen molar-refractivity contribution in [2.24, 2.45) is 10.9 Å². The molecule has 2 rings (SSSR count). The summed E-state index contributed by atoms with van der Waals surface area (Å²) in [6, 6.07) is 7.76. The smallest absolute Gasteiger partial charge is 0.253 e. The van der Waals surface area contributed by atoms with Gasteiger partial charge in [-0.25, -0.2) is 4.99 Å². The highest BCUT2D eigenvalue weighted by Crippen LogP contribution is 2.16. The molecule has 1 amide bonds. The first kappa shape index (κ1) is 26.6. The number of carbonyl (C=O) groups excluding carboxylic acids is 1. The van der Waals surface area contributed by atoms with Crippen LogP contribution < -0.4 is 16.0 Å². The zero-order valence-corrected chi connectivity index (χ0v) is 20.5. The second kappa shape index (κ2) is 15.4. The van der Waals surface area contributed by atoms with Gasteiger partial charge in [0.05, 0.1) is 6.54 Å². The number of ether oxygens (including phenoxy) is 1. The van der Waals surface area contributed by atoms with Crippen molar-refractivity contribution >= 4 is 41.5 Å². The van der Waals surface area contributed by atoms with Crippen LogP contribution in [0.3, 0.4) is 0 Å². The van der Waals surface area contributed by atoms with Gasteiger partial charge in [-0.1, -0.05) is 25.5 Å². The Balaban J connectivity index is 0.00000450. The van der Waals surface area contributed by atoms with E-state index in [0.29, 0.717) is 19.1 Å². The Labute approximate surface area is 197 Å². The van der Waals surface area contributed by atoms with Crippen LogP contribution in [0.15, 0.2) is 29.3 Å². The van der Waals surface area contributed by atoms with Gasteiger partial charge in [0.25, 0.3) is 5.91 Å². The number of anilines is 1. The molecule has 2 atom stereocenters. The number of nitrogens with zero attached hydrogens (tertiary/aromatic N) is 1. The van der Waals surface area contributed by atoms with Gasteiger partial charge < -0.3 is 25.8 Å². The maximum atomic E-state index is 12.2. The summed E-state index contributed by atoms with van der Waals surface area (Å²) in [5.74, 6) is 1.12. The van der Waals surface area contributed by atoms with E-state index in [1.165, 1.54) is 0 Å². The van der Waals surface area contributed by atoms with Crippen molar-refractivity contribution in [3.8, 4) is 0 Å². The summed E-state index contributed by atoms with van der Waals surface area (Å²) in [6.45, 7) is 7.15. The summed E-state index contributed by atoms with van der Waals surface area (Å²) in [5.41, 5.74) is 1.79. The monoisotopic (exact) mass is 532 g/mol. The van der Waals surface area contributed by atoms with Crippen molar-refractivity contribution in [2.75, 3.05) is 31.6 Å². The molecule has 1 heterocycles. The van der Waals surface area contributed by atoms with Gasteiger partial charge in [-0.15, -0.1) is 24.0 Å². The Morgan fingerprint density at radius 1 is 1.30 bits per heavy atom. The maximum absolute atomic E-state index is 12.2. The SMILES string of the molecule is CCCC(CCO)CNC(=NCc1cccc(NC(=O)C2CCCO2)c1)NCC.I. The van der Waals surface area contributed by atoms with E-state index in [4.69, 9.17) is 4.74 Å². The average molecular weight is 532 g/mol. The first-order valence-electron chi connectivity index (χ1n) is 10.8. The molecule has 1 aromatic rings. The molecule has 1 aliphatic rings. The number of rotatable bonds is 11. The number of carbonyl (C=O) groups is 1. The lowest BCUT2D eigenvalue weighted by Gasteiger charge is -2.18. The second-order valence-corrected chi connectivity index (χ2v) is 7.43. The number of amides is 1. The normalized spacial score (nSPS) is 17.2. The summed E-state index contributed by atoms with van der Waals surface area (Å²) >= 11 is 0. The van der Waals surface area contributed by atoms with Gasteiger partial charge in [0.2, 0.25) is 0 Å². The minimum Gasteiger partial charge on any atom is -0.396 e. The van der Waals surface area contributed by atoms with E-state index in [0.717, 1.165) is 62.4 Å². The number of guanidine groups is 1. The van der Waals surface area contributed by atoms with Crippen LogP contribution in [0.4, 0.5) is 5.69 Å². The van der Waals surface area contributed by atoms with E-state index < -0.39 is 0 Å². The molecule has 1 saturated heterocycles. The molecule has 0 radical (unpaired) electrons. The molecule has 0 aliphatic carbocycles. The van der Waals surface area contributed by atoms with Crippen LogP contribution in [-0.2, 0) is 16.1 Å². The van der Waals surface area contributed by atoms with Crippen LogP contribution in [-0.4, -0.2) is 49.4 Å².